The summed E-state index contributed by atoms with van der Waals surface area (Å²) in [7, 11) is 0. The van der Waals surface area contributed by atoms with Crippen molar-refractivity contribution in [3.8, 4) is 0 Å². The van der Waals surface area contributed by atoms with Gasteiger partial charge in [0.25, 0.3) is 0 Å². The summed E-state index contributed by atoms with van der Waals surface area (Å²) in [6.07, 6.45) is 1.59. The molecule has 0 unspecified atom stereocenters. The van der Waals surface area contributed by atoms with Crippen molar-refractivity contribution in [1.82, 2.24) is 15.3 Å². The molecule has 0 bridgehead atoms. The highest BCUT2D eigenvalue weighted by Gasteiger charge is 2.22. The lowest BCUT2D eigenvalue weighted by Crippen LogP contribution is -2.32. The zero-order valence-electron chi connectivity index (χ0n) is 13.1. The second kappa shape index (κ2) is 7.98. The normalized spacial score (nSPS) is 11.8. The molecule has 0 radical (unpaired) electrons. The Morgan fingerprint density at radius 2 is 2.09 bits per heavy atom. The molecule has 3 N–H and O–H groups in total. The van der Waals surface area contributed by atoms with Gasteiger partial charge in [0.15, 0.2) is 5.82 Å². The number of ether oxygens (including phenoxy) is 1. The Labute approximate surface area is 134 Å². The van der Waals surface area contributed by atoms with Gasteiger partial charge in [-0.2, -0.15) is 0 Å². The fourth-order valence-corrected chi connectivity index (χ4v) is 2.07. The van der Waals surface area contributed by atoms with Crippen LogP contribution in [0.25, 0.3) is 0 Å². The number of nitrogens with zero attached hydrogens (tertiary/aromatic N) is 1. The van der Waals surface area contributed by atoms with E-state index in [0.29, 0.717) is 18.1 Å². The standard InChI is InChI=1S/C16H20N4O3/c1-11(2)14(15-17-8-13(19-15)18-10-21)20-16(22)23-9-12-6-4-3-5-7-12/h3-8,10-11,14H,9H2,1-2H3,(H,17,19)(H,18,21)(H,20,22)/t14-/m0/s1. The van der Waals surface area contributed by atoms with E-state index < -0.39 is 6.09 Å². The third-order valence-corrected chi connectivity index (χ3v) is 3.25. The molecule has 1 heterocycles. The number of benzene rings is 1. The molecule has 7 nitrogen and oxygen atoms in total. The zero-order valence-corrected chi connectivity index (χ0v) is 13.1. The molecule has 1 atom stereocenters. The number of rotatable bonds is 7. The van der Waals surface area contributed by atoms with Crippen LogP contribution in [0.1, 0.15) is 31.3 Å². The summed E-state index contributed by atoms with van der Waals surface area (Å²) < 4.78 is 5.22. The number of alkyl carbamates (subject to hydrolysis) is 1. The predicted molar refractivity (Wildman–Crippen MR) is 85.6 cm³/mol. The van der Waals surface area contributed by atoms with Crippen LogP contribution in [0.5, 0.6) is 0 Å². The molecule has 1 aromatic carbocycles. The quantitative estimate of drug-likeness (QED) is 0.684. The van der Waals surface area contributed by atoms with Crippen LogP contribution < -0.4 is 10.6 Å². The van der Waals surface area contributed by atoms with E-state index >= 15 is 0 Å². The fraction of sp³-hybridized carbons (Fsp3) is 0.312. The van der Waals surface area contributed by atoms with Crippen LogP contribution in [0.3, 0.4) is 0 Å². The number of H-pyrrole nitrogens is 1. The number of amides is 2. The van der Waals surface area contributed by atoms with Gasteiger partial charge in [0.05, 0.1) is 6.04 Å². The number of anilines is 1. The maximum absolute atomic E-state index is 12.0. The van der Waals surface area contributed by atoms with Crippen molar-refractivity contribution in [2.45, 2.75) is 26.5 Å². The summed E-state index contributed by atoms with van der Waals surface area (Å²) in [5.41, 5.74) is 0.916. The number of hydrogen-bond acceptors (Lipinski definition) is 4. The maximum atomic E-state index is 12.0. The largest absolute Gasteiger partial charge is 0.445 e. The SMILES string of the molecule is CC(C)[C@H](NC(=O)OCc1ccccc1)c1nc(NC=O)c[nH]1. The van der Waals surface area contributed by atoms with Gasteiger partial charge in [0.1, 0.15) is 12.4 Å². The highest BCUT2D eigenvalue weighted by Crippen LogP contribution is 2.20. The summed E-state index contributed by atoms with van der Waals surface area (Å²) in [4.78, 5) is 29.6. The van der Waals surface area contributed by atoms with Crippen LogP contribution in [0.2, 0.25) is 0 Å². The molecule has 23 heavy (non-hydrogen) atoms. The highest BCUT2D eigenvalue weighted by atomic mass is 16.5. The van der Waals surface area contributed by atoms with E-state index in [-0.39, 0.29) is 18.6 Å². The lowest BCUT2D eigenvalue weighted by molar-refractivity contribution is -0.105. The first-order valence-electron chi connectivity index (χ1n) is 7.33. The van der Waals surface area contributed by atoms with Gasteiger partial charge in [0, 0.05) is 6.20 Å². The Morgan fingerprint density at radius 3 is 2.74 bits per heavy atom. The number of imidazole rings is 1. The summed E-state index contributed by atoms with van der Waals surface area (Å²) in [6, 6.07) is 9.10. The number of carbonyl (C=O) groups excluding carboxylic acids is 2. The fourth-order valence-electron chi connectivity index (χ4n) is 2.07. The average Bonchev–Trinajstić information content (AvgIpc) is 3.00. The summed E-state index contributed by atoms with van der Waals surface area (Å²) in [6.45, 7) is 4.11. The molecule has 1 aromatic heterocycles. The molecule has 0 aliphatic heterocycles. The van der Waals surface area contributed by atoms with Gasteiger partial charge in [0.2, 0.25) is 6.41 Å². The van der Waals surface area contributed by atoms with Gasteiger partial charge < -0.3 is 20.4 Å². The van der Waals surface area contributed by atoms with Gasteiger partial charge in [-0.25, -0.2) is 9.78 Å². The first kappa shape index (κ1) is 16.5. The smallest absolute Gasteiger partial charge is 0.408 e. The van der Waals surface area contributed by atoms with Gasteiger partial charge >= 0.3 is 6.09 Å². The minimum atomic E-state index is -0.520. The molecule has 2 aromatic rings. The summed E-state index contributed by atoms with van der Waals surface area (Å²) in [5.74, 6) is 1.05. The lowest BCUT2D eigenvalue weighted by Gasteiger charge is -2.20. The number of carbonyl (C=O) groups is 2. The number of aromatic amines is 1. The third kappa shape index (κ3) is 4.84. The van der Waals surface area contributed by atoms with E-state index in [0.717, 1.165) is 5.56 Å². The Bertz CT molecular complexity index is 640. The van der Waals surface area contributed by atoms with Crippen LogP contribution in [0.4, 0.5) is 10.6 Å². The number of hydrogen-bond donors (Lipinski definition) is 3. The topological polar surface area (TPSA) is 96.1 Å². The van der Waals surface area contributed by atoms with E-state index in [2.05, 4.69) is 20.6 Å². The van der Waals surface area contributed by atoms with Crippen LogP contribution in [-0.2, 0) is 16.1 Å². The Kier molecular flexibility index (Phi) is 5.74. The van der Waals surface area contributed by atoms with Gasteiger partial charge in [-0.15, -0.1) is 0 Å². The molecule has 0 fully saturated rings. The van der Waals surface area contributed by atoms with Gasteiger partial charge in [-0.3, -0.25) is 4.79 Å². The Morgan fingerprint density at radius 1 is 1.35 bits per heavy atom. The van der Waals surface area contributed by atoms with Crippen molar-refractivity contribution in [3.63, 3.8) is 0 Å². The minimum absolute atomic E-state index is 0.0921. The molecule has 122 valence electrons. The van der Waals surface area contributed by atoms with Crippen LogP contribution >= 0.6 is 0 Å². The third-order valence-electron chi connectivity index (χ3n) is 3.25. The van der Waals surface area contributed by atoms with Crippen molar-refractivity contribution in [2.24, 2.45) is 5.92 Å². The van der Waals surface area contributed by atoms with Crippen LogP contribution in [0.15, 0.2) is 36.5 Å². The number of aromatic nitrogens is 2. The number of nitrogens with one attached hydrogen (secondary N) is 3. The molecule has 2 amide bonds. The van der Waals surface area contributed by atoms with E-state index in [1.165, 1.54) is 0 Å². The Hall–Kier alpha value is -2.83. The molecule has 0 spiro atoms. The second-order valence-corrected chi connectivity index (χ2v) is 5.36. The molecule has 0 aliphatic rings. The molecule has 0 aliphatic carbocycles. The minimum Gasteiger partial charge on any atom is -0.445 e. The van der Waals surface area contributed by atoms with Gasteiger partial charge in [-0.05, 0) is 11.5 Å². The van der Waals surface area contributed by atoms with E-state index in [4.69, 9.17) is 4.74 Å². The first-order chi connectivity index (χ1) is 11.1. The average molecular weight is 316 g/mol. The van der Waals surface area contributed by atoms with Crippen molar-refractivity contribution in [3.05, 3.63) is 47.9 Å². The molecular weight excluding hydrogens is 296 g/mol. The van der Waals surface area contributed by atoms with E-state index in [9.17, 15) is 9.59 Å². The zero-order chi connectivity index (χ0) is 16.7. The molecule has 7 heteroatoms. The van der Waals surface area contributed by atoms with E-state index in [1.54, 1.807) is 6.20 Å². The predicted octanol–water partition coefficient (Wildman–Crippen LogP) is 2.60. The lowest BCUT2D eigenvalue weighted by atomic mass is 10.0. The Balaban J connectivity index is 1.95. The van der Waals surface area contributed by atoms with Crippen LogP contribution in [0, 0.1) is 5.92 Å². The van der Waals surface area contributed by atoms with E-state index in [1.807, 2.05) is 44.2 Å². The van der Waals surface area contributed by atoms with Crippen molar-refractivity contribution in [2.75, 3.05) is 5.32 Å². The molecule has 0 saturated heterocycles. The maximum Gasteiger partial charge on any atom is 0.408 e. The van der Waals surface area contributed by atoms with Crippen molar-refractivity contribution >= 4 is 18.3 Å². The first-order valence-corrected chi connectivity index (χ1v) is 7.33. The molecule has 0 saturated carbocycles. The second-order valence-electron chi connectivity index (χ2n) is 5.36. The van der Waals surface area contributed by atoms with Gasteiger partial charge in [-0.1, -0.05) is 44.2 Å². The van der Waals surface area contributed by atoms with Crippen molar-refractivity contribution in [1.29, 1.82) is 0 Å². The molecular formula is C16H20N4O3. The highest BCUT2D eigenvalue weighted by molar-refractivity contribution is 5.69. The summed E-state index contributed by atoms with van der Waals surface area (Å²) >= 11 is 0. The summed E-state index contributed by atoms with van der Waals surface area (Å²) in [5, 5.41) is 5.24. The monoisotopic (exact) mass is 316 g/mol. The molecule has 2 rings (SSSR count). The van der Waals surface area contributed by atoms with Crippen LogP contribution in [-0.4, -0.2) is 22.5 Å². The van der Waals surface area contributed by atoms with Crippen molar-refractivity contribution < 1.29 is 14.3 Å².